The van der Waals surface area contributed by atoms with Crippen molar-refractivity contribution in [1.82, 2.24) is 0 Å². The lowest BCUT2D eigenvalue weighted by atomic mass is 10.0. The van der Waals surface area contributed by atoms with Crippen LogP contribution in [0.3, 0.4) is 0 Å². The number of rotatable bonds is 4. The van der Waals surface area contributed by atoms with Crippen LogP contribution in [0.2, 0.25) is 0 Å². The highest BCUT2D eigenvalue weighted by Gasteiger charge is 2.07. The third kappa shape index (κ3) is 2.99. The largest absolute Gasteiger partial charge is 0.478 e. The van der Waals surface area contributed by atoms with E-state index >= 15 is 0 Å². The molecule has 98 valence electrons. The number of carbonyl (C=O) groups is 1. The topological polar surface area (TPSA) is 37.3 Å². The summed E-state index contributed by atoms with van der Waals surface area (Å²) in [6, 6.07) is 11.4. The van der Waals surface area contributed by atoms with Gasteiger partial charge >= 0.3 is 5.97 Å². The molecule has 0 radical (unpaired) electrons. The molecule has 0 spiro atoms. The number of benzene rings is 2. The lowest BCUT2D eigenvalue weighted by molar-refractivity contribution is 0.0697. The highest BCUT2D eigenvalue weighted by molar-refractivity contribution is 5.88. The molecule has 0 fully saturated rings. The van der Waals surface area contributed by atoms with Gasteiger partial charge < -0.3 is 5.11 Å². The molecule has 0 saturated heterocycles. The standard InChI is InChI=1S/C16H15FO2/c1-2-3-11-4-9-14(15(17)10-11)12-5-7-13(8-6-12)16(18)19/h4-10H,2-3H2,1H3,(H,18,19). The predicted octanol–water partition coefficient (Wildman–Crippen LogP) is 4.14. The minimum absolute atomic E-state index is 0.201. The third-order valence-electron chi connectivity index (χ3n) is 3.02. The van der Waals surface area contributed by atoms with Crippen LogP contribution >= 0.6 is 0 Å². The number of carboxylic acids is 1. The van der Waals surface area contributed by atoms with E-state index in [-0.39, 0.29) is 11.4 Å². The van der Waals surface area contributed by atoms with Crippen LogP contribution in [0.15, 0.2) is 42.5 Å². The van der Waals surface area contributed by atoms with E-state index in [9.17, 15) is 9.18 Å². The van der Waals surface area contributed by atoms with Crippen molar-refractivity contribution in [3.63, 3.8) is 0 Å². The van der Waals surface area contributed by atoms with Crippen LogP contribution in [0.4, 0.5) is 4.39 Å². The van der Waals surface area contributed by atoms with Gasteiger partial charge in [0.25, 0.3) is 0 Å². The zero-order valence-electron chi connectivity index (χ0n) is 10.7. The molecule has 0 atom stereocenters. The SMILES string of the molecule is CCCc1ccc(-c2ccc(C(=O)O)cc2)c(F)c1. The molecule has 2 aromatic rings. The summed E-state index contributed by atoms with van der Waals surface area (Å²) >= 11 is 0. The molecule has 0 aliphatic heterocycles. The molecular weight excluding hydrogens is 243 g/mol. The lowest BCUT2D eigenvalue weighted by Gasteiger charge is -2.06. The number of aryl methyl sites for hydroxylation is 1. The van der Waals surface area contributed by atoms with E-state index < -0.39 is 5.97 Å². The van der Waals surface area contributed by atoms with Crippen molar-refractivity contribution >= 4 is 5.97 Å². The molecule has 0 aliphatic rings. The number of hydrogen-bond donors (Lipinski definition) is 1. The van der Waals surface area contributed by atoms with E-state index in [1.807, 2.05) is 6.07 Å². The minimum atomic E-state index is -0.981. The summed E-state index contributed by atoms with van der Waals surface area (Å²) in [5.74, 6) is -1.25. The second-order valence-electron chi connectivity index (χ2n) is 4.45. The molecule has 2 nitrogen and oxygen atoms in total. The van der Waals surface area contributed by atoms with Crippen LogP contribution in [-0.2, 0) is 6.42 Å². The zero-order chi connectivity index (χ0) is 13.8. The van der Waals surface area contributed by atoms with Crippen LogP contribution in [0.5, 0.6) is 0 Å². The summed E-state index contributed by atoms with van der Waals surface area (Å²) in [7, 11) is 0. The van der Waals surface area contributed by atoms with Crippen LogP contribution in [0.25, 0.3) is 11.1 Å². The van der Waals surface area contributed by atoms with E-state index in [0.29, 0.717) is 11.1 Å². The van der Waals surface area contributed by atoms with Crippen molar-refractivity contribution in [2.45, 2.75) is 19.8 Å². The van der Waals surface area contributed by atoms with Gasteiger partial charge in [-0.1, -0.05) is 37.6 Å². The van der Waals surface area contributed by atoms with Gasteiger partial charge in [0.15, 0.2) is 0 Å². The third-order valence-corrected chi connectivity index (χ3v) is 3.02. The fourth-order valence-corrected chi connectivity index (χ4v) is 2.03. The summed E-state index contributed by atoms with van der Waals surface area (Å²) in [4.78, 5) is 10.8. The summed E-state index contributed by atoms with van der Waals surface area (Å²) in [5, 5.41) is 8.82. The Morgan fingerprint density at radius 3 is 2.37 bits per heavy atom. The molecule has 0 bridgehead atoms. The average molecular weight is 258 g/mol. The highest BCUT2D eigenvalue weighted by Crippen LogP contribution is 2.24. The molecule has 3 heteroatoms. The van der Waals surface area contributed by atoms with E-state index in [2.05, 4.69) is 6.92 Å². The Morgan fingerprint density at radius 1 is 1.16 bits per heavy atom. The molecule has 0 unspecified atom stereocenters. The molecule has 2 aromatic carbocycles. The average Bonchev–Trinajstić information content (AvgIpc) is 2.39. The normalized spacial score (nSPS) is 10.4. The van der Waals surface area contributed by atoms with Gasteiger partial charge in [-0.05, 0) is 35.7 Å². The second-order valence-corrected chi connectivity index (χ2v) is 4.45. The van der Waals surface area contributed by atoms with Gasteiger partial charge in [0.05, 0.1) is 5.56 Å². The van der Waals surface area contributed by atoms with Crippen molar-refractivity contribution < 1.29 is 14.3 Å². The van der Waals surface area contributed by atoms with Gasteiger partial charge in [0.2, 0.25) is 0 Å². The van der Waals surface area contributed by atoms with Crippen LogP contribution in [0, 0.1) is 5.82 Å². The quantitative estimate of drug-likeness (QED) is 0.894. The van der Waals surface area contributed by atoms with Gasteiger partial charge in [0.1, 0.15) is 5.82 Å². The van der Waals surface area contributed by atoms with Crippen molar-refractivity contribution in [3.05, 3.63) is 59.4 Å². The molecule has 0 aromatic heterocycles. The van der Waals surface area contributed by atoms with Gasteiger partial charge in [0, 0.05) is 5.56 Å². The van der Waals surface area contributed by atoms with Gasteiger partial charge in [-0.25, -0.2) is 9.18 Å². The Balaban J connectivity index is 2.33. The first kappa shape index (κ1) is 13.3. The van der Waals surface area contributed by atoms with Gasteiger partial charge in [-0.2, -0.15) is 0 Å². The molecule has 0 saturated carbocycles. The van der Waals surface area contributed by atoms with Crippen molar-refractivity contribution in [1.29, 1.82) is 0 Å². The predicted molar refractivity (Wildman–Crippen MR) is 72.8 cm³/mol. The number of carboxylic acid groups (broad SMARTS) is 1. The number of hydrogen-bond acceptors (Lipinski definition) is 1. The van der Waals surface area contributed by atoms with Gasteiger partial charge in [-0.15, -0.1) is 0 Å². The van der Waals surface area contributed by atoms with Crippen molar-refractivity contribution in [2.75, 3.05) is 0 Å². The van der Waals surface area contributed by atoms with Crippen LogP contribution < -0.4 is 0 Å². The number of halogens is 1. The van der Waals surface area contributed by atoms with E-state index in [4.69, 9.17) is 5.11 Å². The first-order chi connectivity index (χ1) is 9.11. The molecule has 2 rings (SSSR count). The maximum atomic E-state index is 14.0. The summed E-state index contributed by atoms with van der Waals surface area (Å²) in [6.45, 7) is 2.05. The second kappa shape index (κ2) is 5.65. The fraction of sp³-hybridized carbons (Fsp3) is 0.188. The van der Waals surface area contributed by atoms with Crippen molar-refractivity contribution in [2.24, 2.45) is 0 Å². The van der Waals surface area contributed by atoms with E-state index in [1.54, 1.807) is 24.3 Å². The maximum Gasteiger partial charge on any atom is 0.335 e. The summed E-state index contributed by atoms with van der Waals surface area (Å²) in [6.07, 6.45) is 1.83. The summed E-state index contributed by atoms with van der Waals surface area (Å²) in [5.41, 5.74) is 2.36. The fourth-order valence-electron chi connectivity index (χ4n) is 2.03. The molecule has 0 aliphatic carbocycles. The summed E-state index contributed by atoms with van der Waals surface area (Å²) < 4.78 is 14.0. The van der Waals surface area contributed by atoms with Crippen LogP contribution in [-0.4, -0.2) is 11.1 Å². The maximum absolute atomic E-state index is 14.0. The molecule has 1 N–H and O–H groups in total. The van der Waals surface area contributed by atoms with Crippen LogP contribution in [0.1, 0.15) is 29.3 Å². The highest BCUT2D eigenvalue weighted by atomic mass is 19.1. The molecule has 0 heterocycles. The molecular formula is C16H15FO2. The first-order valence-electron chi connectivity index (χ1n) is 6.24. The minimum Gasteiger partial charge on any atom is -0.478 e. The Hall–Kier alpha value is -2.16. The van der Waals surface area contributed by atoms with Gasteiger partial charge in [-0.3, -0.25) is 0 Å². The lowest BCUT2D eigenvalue weighted by Crippen LogP contribution is -1.95. The van der Waals surface area contributed by atoms with E-state index in [1.165, 1.54) is 12.1 Å². The zero-order valence-corrected chi connectivity index (χ0v) is 10.7. The van der Waals surface area contributed by atoms with E-state index in [0.717, 1.165) is 18.4 Å². The monoisotopic (exact) mass is 258 g/mol. The first-order valence-corrected chi connectivity index (χ1v) is 6.24. The number of aromatic carboxylic acids is 1. The Kier molecular flexibility index (Phi) is 3.95. The Bertz CT molecular complexity index is 588. The van der Waals surface area contributed by atoms with Crippen molar-refractivity contribution in [3.8, 4) is 11.1 Å². The smallest absolute Gasteiger partial charge is 0.335 e. The Morgan fingerprint density at radius 2 is 1.84 bits per heavy atom. The Labute approximate surface area is 111 Å². The molecule has 0 amide bonds. The molecule has 19 heavy (non-hydrogen) atoms.